The van der Waals surface area contributed by atoms with E-state index in [1.807, 2.05) is 6.07 Å². The van der Waals surface area contributed by atoms with Crippen molar-refractivity contribution >= 4 is 12.2 Å². The minimum Gasteiger partial charge on any atom is -0.330 e. The Bertz CT molecular complexity index is 527. The SMILES string of the molecule is Cc1cccc(CCN)c1C=Cc1ccccc1. The Morgan fingerprint density at radius 1 is 0.944 bits per heavy atom. The van der Waals surface area contributed by atoms with E-state index in [1.165, 1.54) is 22.3 Å². The van der Waals surface area contributed by atoms with Gasteiger partial charge in [-0.2, -0.15) is 0 Å². The van der Waals surface area contributed by atoms with E-state index in [0.29, 0.717) is 6.54 Å². The average Bonchev–Trinajstić information content (AvgIpc) is 2.40. The fourth-order valence-electron chi connectivity index (χ4n) is 2.10. The number of hydrogen-bond acceptors (Lipinski definition) is 1. The highest BCUT2D eigenvalue weighted by Crippen LogP contribution is 2.18. The van der Waals surface area contributed by atoms with Crippen molar-refractivity contribution in [3.63, 3.8) is 0 Å². The summed E-state index contributed by atoms with van der Waals surface area (Å²) >= 11 is 0. The Labute approximate surface area is 109 Å². The molecule has 2 rings (SSSR count). The summed E-state index contributed by atoms with van der Waals surface area (Å²) < 4.78 is 0. The predicted octanol–water partition coefficient (Wildman–Crippen LogP) is 3.67. The van der Waals surface area contributed by atoms with Gasteiger partial charge < -0.3 is 5.73 Å². The van der Waals surface area contributed by atoms with Crippen molar-refractivity contribution in [1.82, 2.24) is 0 Å². The maximum Gasteiger partial charge on any atom is -0.00365 e. The lowest BCUT2D eigenvalue weighted by atomic mass is 9.98. The summed E-state index contributed by atoms with van der Waals surface area (Å²) in [6.07, 6.45) is 5.27. The fourth-order valence-corrected chi connectivity index (χ4v) is 2.10. The van der Waals surface area contributed by atoms with E-state index in [2.05, 4.69) is 61.5 Å². The van der Waals surface area contributed by atoms with Crippen molar-refractivity contribution in [1.29, 1.82) is 0 Å². The van der Waals surface area contributed by atoms with E-state index in [1.54, 1.807) is 0 Å². The number of aryl methyl sites for hydroxylation is 1. The molecule has 1 nitrogen and oxygen atoms in total. The van der Waals surface area contributed by atoms with Crippen LogP contribution in [-0.4, -0.2) is 6.54 Å². The van der Waals surface area contributed by atoms with Gasteiger partial charge in [-0.25, -0.2) is 0 Å². The molecule has 0 aliphatic carbocycles. The van der Waals surface area contributed by atoms with E-state index in [-0.39, 0.29) is 0 Å². The van der Waals surface area contributed by atoms with Gasteiger partial charge in [-0.3, -0.25) is 0 Å². The van der Waals surface area contributed by atoms with E-state index >= 15 is 0 Å². The Hall–Kier alpha value is -1.86. The first-order chi connectivity index (χ1) is 8.81. The average molecular weight is 237 g/mol. The molecule has 0 aliphatic heterocycles. The zero-order chi connectivity index (χ0) is 12.8. The third-order valence-corrected chi connectivity index (χ3v) is 3.07. The quantitative estimate of drug-likeness (QED) is 0.807. The largest absolute Gasteiger partial charge is 0.330 e. The molecule has 0 amide bonds. The van der Waals surface area contributed by atoms with Crippen LogP contribution < -0.4 is 5.73 Å². The second kappa shape index (κ2) is 6.18. The second-order valence-electron chi connectivity index (χ2n) is 4.43. The second-order valence-corrected chi connectivity index (χ2v) is 4.43. The molecule has 0 fully saturated rings. The number of hydrogen-bond donors (Lipinski definition) is 1. The highest BCUT2D eigenvalue weighted by atomic mass is 14.5. The van der Waals surface area contributed by atoms with Gasteiger partial charge in [0.1, 0.15) is 0 Å². The maximum absolute atomic E-state index is 5.66. The van der Waals surface area contributed by atoms with Crippen LogP contribution in [0, 0.1) is 6.92 Å². The molecule has 0 atom stereocenters. The maximum atomic E-state index is 5.66. The summed E-state index contributed by atoms with van der Waals surface area (Å²) in [6.45, 7) is 2.83. The number of rotatable bonds is 4. The third-order valence-electron chi connectivity index (χ3n) is 3.07. The molecule has 0 saturated carbocycles. The summed E-state index contributed by atoms with van der Waals surface area (Å²) in [5.41, 5.74) is 10.8. The monoisotopic (exact) mass is 237 g/mol. The molecule has 0 heterocycles. The summed E-state index contributed by atoms with van der Waals surface area (Å²) in [4.78, 5) is 0. The van der Waals surface area contributed by atoms with E-state index in [0.717, 1.165) is 6.42 Å². The van der Waals surface area contributed by atoms with E-state index in [9.17, 15) is 0 Å². The minimum absolute atomic E-state index is 0.690. The highest BCUT2D eigenvalue weighted by molar-refractivity contribution is 5.72. The van der Waals surface area contributed by atoms with Crippen LogP contribution in [0.2, 0.25) is 0 Å². The Kier molecular flexibility index (Phi) is 4.32. The van der Waals surface area contributed by atoms with Gasteiger partial charge in [0, 0.05) is 0 Å². The molecule has 0 aliphatic rings. The lowest BCUT2D eigenvalue weighted by molar-refractivity contribution is 0.964. The van der Waals surface area contributed by atoms with Crippen LogP contribution in [0.4, 0.5) is 0 Å². The first kappa shape index (κ1) is 12.6. The molecule has 0 aromatic heterocycles. The van der Waals surface area contributed by atoms with Crippen molar-refractivity contribution in [3.05, 3.63) is 70.8 Å². The van der Waals surface area contributed by atoms with Crippen molar-refractivity contribution in [3.8, 4) is 0 Å². The zero-order valence-corrected chi connectivity index (χ0v) is 10.8. The van der Waals surface area contributed by atoms with Gasteiger partial charge >= 0.3 is 0 Å². The minimum atomic E-state index is 0.690. The third kappa shape index (κ3) is 3.08. The molecule has 18 heavy (non-hydrogen) atoms. The lowest BCUT2D eigenvalue weighted by Gasteiger charge is -2.08. The van der Waals surface area contributed by atoms with E-state index in [4.69, 9.17) is 5.73 Å². The molecule has 2 N–H and O–H groups in total. The molecule has 0 radical (unpaired) electrons. The van der Waals surface area contributed by atoms with Crippen LogP contribution in [0.25, 0.3) is 12.2 Å². The molecular formula is C17H19N. The van der Waals surface area contributed by atoms with Crippen LogP contribution in [0.3, 0.4) is 0 Å². The smallest absolute Gasteiger partial charge is 0.00365 e. The number of nitrogens with two attached hydrogens (primary N) is 1. The van der Waals surface area contributed by atoms with Crippen LogP contribution >= 0.6 is 0 Å². The molecule has 0 saturated heterocycles. The Balaban J connectivity index is 2.30. The summed E-state index contributed by atoms with van der Waals surface area (Å²) in [7, 11) is 0. The summed E-state index contributed by atoms with van der Waals surface area (Å²) in [5.74, 6) is 0. The lowest BCUT2D eigenvalue weighted by Crippen LogP contribution is -2.04. The molecule has 2 aromatic carbocycles. The van der Waals surface area contributed by atoms with Crippen LogP contribution in [-0.2, 0) is 6.42 Å². The molecule has 0 unspecified atom stereocenters. The molecule has 0 bridgehead atoms. The van der Waals surface area contributed by atoms with Gasteiger partial charge in [0.15, 0.2) is 0 Å². The van der Waals surface area contributed by atoms with Crippen LogP contribution in [0.15, 0.2) is 48.5 Å². The van der Waals surface area contributed by atoms with Gasteiger partial charge in [-0.15, -0.1) is 0 Å². The van der Waals surface area contributed by atoms with Crippen LogP contribution in [0.5, 0.6) is 0 Å². The normalized spacial score (nSPS) is 11.0. The van der Waals surface area contributed by atoms with Gasteiger partial charge in [-0.1, -0.05) is 60.7 Å². The number of benzene rings is 2. The van der Waals surface area contributed by atoms with Gasteiger partial charge in [0.2, 0.25) is 0 Å². The molecular weight excluding hydrogens is 218 g/mol. The zero-order valence-electron chi connectivity index (χ0n) is 10.8. The molecule has 92 valence electrons. The topological polar surface area (TPSA) is 26.0 Å². The van der Waals surface area contributed by atoms with Crippen molar-refractivity contribution in [2.45, 2.75) is 13.3 Å². The van der Waals surface area contributed by atoms with Gasteiger partial charge in [0.05, 0.1) is 0 Å². The summed E-state index contributed by atoms with van der Waals surface area (Å²) in [6, 6.07) is 16.8. The molecule has 1 heteroatoms. The highest BCUT2D eigenvalue weighted by Gasteiger charge is 2.01. The van der Waals surface area contributed by atoms with Crippen molar-refractivity contribution in [2.24, 2.45) is 5.73 Å². The first-order valence-electron chi connectivity index (χ1n) is 6.33. The molecule has 2 aromatic rings. The van der Waals surface area contributed by atoms with Gasteiger partial charge in [0.25, 0.3) is 0 Å². The van der Waals surface area contributed by atoms with Crippen LogP contribution in [0.1, 0.15) is 22.3 Å². The first-order valence-corrected chi connectivity index (χ1v) is 6.33. The molecule has 0 spiro atoms. The Morgan fingerprint density at radius 3 is 2.44 bits per heavy atom. The van der Waals surface area contributed by atoms with Crippen molar-refractivity contribution in [2.75, 3.05) is 6.54 Å². The predicted molar refractivity (Wildman–Crippen MR) is 79.3 cm³/mol. The Morgan fingerprint density at radius 2 is 1.72 bits per heavy atom. The summed E-state index contributed by atoms with van der Waals surface area (Å²) in [5, 5.41) is 0. The standard InChI is InChI=1S/C17H19N/c1-14-6-5-9-16(12-13-18)17(14)11-10-15-7-3-2-4-8-15/h2-11H,12-13,18H2,1H3. The van der Waals surface area contributed by atoms with Gasteiger partial charge in [-0.05, 0) is 42.1 Å². The van der Waals surface area contributed by atoms with Crippen molar-refractivity contribution < 1.29 is 0 Å². The van der Waals surface area contributed by atoms with E-state index < -0.39 is 0 Å². The fraction of sp³-hybridized carbons (Fsp3) is 0.176.